The van der Waals surface area contributed by atoms with Gasteiger partial charge in [-0.2, -0.15) is 0 Å². The molecule has 0 spiro atoms. The van der Waals surface area contributed by atoms with Gasteiger partial charge >= 0.3 is 0 Å². The van der Waals surface area contributed by atoms with Gasteiger partial charge in [-0.05, 0) is 44.9 Å². The Morgan fingerprint density at radius 1 is 1.17 bits per heavy atom. The highest BCUT2D eigenvalue weighted by Crippen LogP contribution is 2.30. The number of rotatable bonds is 5. The van der Waals surface area contributed by atoms with Gasteiger partial charge in [0.2, 0.25) is 5.91 Å². The van der Waals surface area contributed by atoms with E-state index in [9.17, 15) is 9.59 Å². The molecule has 1 aliphatic rings. The van der Waals surface area contributed by atoms with Gasteiger partial charge in [-0.15, -0.1) is 12.4 Å². The van der Waals surface area contributed by atoms with Gasteiger partial charge < -0.3 is 16.0 Å². The summed E-state index contributed by atoms with van der Waals surface area (Å²) in [5.41, 5.74) is 6.04. The van der Waals surface area contributed by atoms with Gasteiger partial charge in [-0.1, -0.05) is 25.3 Å². The summed E-state index contributed by atoms with van der Waals surface area (Å²) >= 11 is 0. The lowest BCUT2D eigenvalue weighted by Gasteiger charge is -2.40. The van der Waals surface area contributed by atoms with E-state index in [1.54, 1.807) is 24.3 Å². The summed E-state index contributed by atoms with van der Waals surface area (Å²) < 4.78 is 0. The summed E-state index contributed by atoms with van der Waals surface area (Å²) in [6.45, 7) is 5.26. The summed E-state index contributed by atoms with van der Waals surface area (Å²) in [5.74, 6) is -0.181. The van der Waals surface area contributed by atoms with Crippen LogP contribution in [0, 0.1) is 0 Å². The third kappa shape index (κ3) is 4.41. The number of carbonyl (C=O) groups is 2. The zero-order valence-corrected chi connectivity index (χ0v) is 15.3. The van der Waals surface area contributed by atoms with Crippen LogP contribution in [-0.2, 0) is 4.79 Å². The van der Waals surface area contributed by atoms with Crippen molar-refractivity contribution in [2.75, 3.05) is 18.8 Å². The molecule has 0 radical (unpaired) electrons. The molecule has 3 N–H and O–H groups in total. The van der Waals surface area contributed by atoms with Gasteiger partial charge in [0.05, 0.1) is 0 Å². The van der Waals surface area contributed by atoms with Gasteiger partial charge in [-0.25, -0.2) is 0 Å². The molecular formula is C18H28ClN3O2. The first kappa shape index (κ1) is 20.3. The minimum atomic E-state index is -0.772. The lowest BCUT2D eigenvalue weighted by Crippen LogP contribution is -2.60. The molecule has 24 heavy (non-hydrogen) atoms. The second-order valence-corrected chi connectivity index (χ2v) is 6.20. The Kier molecular flexibility index (Phi) is 7.55. The van der Waals surface area contributed by atoms with Crippen LogP contribution < -0.4 is 11.1 Å². The van der Waals surface area contributed by atoms with Crippen molar-refractivity contribution in [3.63, 3.8) is 0 Å². The van der Waals surface area contributed by atoms with E-state index in [4.69, 9.17) is 5.73 Å². The molecule has 1 fully saturated rings. The fraction of sp³-hybridized carbons (Fsp3) is 0.556. The van der Waals surface area contributed by atoms with E-state index in [0.717, 1.165) is 19.3 Å². The van der Waals surface area contributed by atoms with Crippen LogP contribution in [0.2, 0.25) is 0 Å². The highest BCUT2D eigenvalue weighted by atomic mass is 35.5. The topological polar surface area (TPSA) is 75.4 Å². The summed E-state index contributed by atoms with van der Waals surface area (Å²) in [5, 5.41) is 3.04. The van der Waals surface area contributed by atoms with Crippen LogP contribution in [0.4, 0.5) is 5.69 Å². The van der Waals surface area contributed by atoms with Crippen LogP contribution in [0.15, 0.2) is 24.3 Å². The zero-order chi connectivity index (χ0) is 16.9. The average molecular weight is 354 g/mol. The van der Waals surface area contributed by atoms with Crippen molar-refractivity contribution in [1.29, 1.82) is 0 Å². The third-order valence-electron chi connectivity index (χ3n) is 4.67. The third-order valence-corrected chi connectivity index (χ3v) is 4.67. The van der Waals surface area contributed by atoms with Crippen molar-refractivity contribution >= 4 is 29.9 Å². The molecule has 1 aromatic rings. The van der Waals surface area contributed by atoms with Crippen molar-refractivity contribution in [1.82, 2.24) is 10.2 Å². The van der Waals surface area contributed by atoms with Gasteiger partial charge in [0.1, 0.15) is 5.54 Å². The Morgan fingerprint density at radius 3 is 2.33 bits per heavy atom. The highest BCUT2D eigenvalue weighted by Gasteiger charge is 2.42. The summed E-state index contributed by atoms with van der Waals surface area (Å²) in [4.78, 5) is 27.4. The van der Waals surface area contributed by atoms with Crippen LogP contribution in [0.25, 0.3) is 0 Å². The van der Waals surface area contributed by atoms with Crippen LogP contribution in [0.1, 0.15) is 56.3 Å². The molecule has 2 rings (SSSR count). The molecule has 1 aliphatic carbocycles. The maximum atomic E-state index is 13.0. The number of likely N-dealkylation sites (N-methyl/N-ethyl adjacent to an activating group) is 1. The largest absolute Gasteiger partial charge is 0.399 e. The molecular weight excluding hydrogens is 326 g/mol. The van der Waals surface area contributed by atoms with Crippen LogP contribution in [0.3, 0.4) is 0 Å². The number of halogens is 1. The number of hydrogen-bond acceptors (Lipinski definition) is 3. The minimum Gasteiger partial charge on any atom is -0.399 e. The lowest BCUT2D eigenvalue weighted by atomic mass is 9.80. The molecule has 1 aromatic carbocycles. The number of hydrogen-bond donors (Lipinski definition) is 2. The second-order valence-electron chi connectivity index (χ2n) is 6.20. The first-order chi connectivity index (χ1) is 11.0. The van der Waals surface area contributed by atoms with E-state index >= 15 is 0 Å². The molecule has 0 bridgehead atoms. The standard InChI is InChI=1S/C18H27N3O2.ClH/c1-3-21(4-2)17(23)18(11-6-5-7-12-18)20-16(22)14-9-8-10-15(19)13-14;/h8-10,13H,3-7,11-12,19H2,1-2H3,(H,20,22);1H. The van der Waals surface area contributed by atoms with E-state index in [0.29, 0.717) is 37.2 Å². The number of carbonyl (C=O) groups excluding carboxylic acids is 2. The molecule has 0 atom stereocenters. The first-order valence-corrected chi connectivity index (χ1v) is 8.50. The Balaban J connectivity index is 0.00000288. The zero-order valence-electron chi connectivity index (χ0n) is 14.5. The normalized spacial score (nSPS) is 15.9. The maximum Gasteiger partial charge on any atom is 0.252 e. The second kappa shape index (κ2) is 8.92. The van der Waals surface area contributed by atoms with Gasteiger partial charge in [0.25, 0.3) is 5.91 Å². The summed E-state index contributed by atoms with van der Waals surface area (Å²) in [6, 6.07) is 6.87. The highest BCUT2D eigenvalue weighted by molar-refractivity contribution is 5.99. The SMILES string of the molecule is CCN(CC)C(=O)C1(NC(=O)c2cccc(N)c2)CCCCC1.Cl. The number of nitrogens with two attached hydrogens (primary N) is 1. The van der Waals surface area contributed by atoms with E-state index in [1.807, 2.05) is 18.7 Å². The van der Waals surface area contributed by atoms with Crippen molar-refractivity contribution < 1.29 is 9.59 Å². The van der Waals surface area contributed by atoms with Crippen molar-refractivity contribution in [2.24, 2.45) is 0 Å². The Hall–Kier alpha value is -1.75. The summed E-state index contributed by atoms with van der Waals surface area (Å²) in [6.07, 6.45) is 4.45. The lowest BCUT2D eigenvalue weighted by molar-refractivity contribution is -0.139. The Bertz CT molecular complexity index is 567. The van der Waals surface area contributed by atoms with E-state index in [2.05, 4.69) is 5.32 Å². The number of anilines is 1. The average Bonchev–Trinajstić information content (AvgIpc) is 2.56. The van der Waals surface area contributed by atoms with Crippen molar-refractivity contribution in [2.45, 2.75) is 51.5 Å². The molecule has 0 aromatic heterocycles. The first-order valence-electron chi connectivity index (χ1n) is 8.50. The monoisotopic (exact) mass is 353 g/mol. The number of benzene rings is 1. The number of amides is 2. The quantitative estimate of drug-likeness (QED) is 0.799. The minimum absolute atomic E-state index is 0. The molecule has 6 heteroatoms. The number of nitrogens with one attached hydrogen (secondary N) is 1. The van der Waals surface area contributed by atoms with Crippen LogP contribution in [0.5, 0.6) is 0 Å². The fourth-order valence-electron chi connectivity index (χ4n) is 3.33. The number of nitrogen functional groups attached to an aromatic ring is 1. The van der Waals surface area contributed by atoms with Crippen molar-refractivity contribution in [3.8, 4) is 0 Å². The van der Waals surface area contributed by atoms with Crippen LogP contribution >= 0.6 is 12.4 Å². The maximum absolute atomic E-state index is 13.0. The summed E-state index contributed by atoms with van der Waals surface area (Å²) in [7, 11) is 0. The van der Waals surface area contributed by atoms with E-state index in [1.165, 1.54) is 0 Å². The van der Waals surface area contributed by atoms with Crippen LogP contribution in [-0.4, -0.2) is 35.3 Å². The molecule has 0 heterocycles. The number of nitrogens with zero attached hydrogens (tertiary/aromatic N) is 1. The fourth-order valence-corrected chi connectivity index (χ4v) is 3.33. The van der Waals surface area contributed by atoms with E-state index < -0.39 is 5.54 Å². The predicted octanol–water partition coefficient (Wildman–Crippen LogP) is 2.99. The van der Waals surface area contributed by atoms with Gasteiger partial charge in [0.15, 0.2) is 0 Å². The van der Waals surface area contributed by atoms with E-state index in [-0.39, 0.29) is 24.2 Å². The van der Waals surface area contributed by atoms with Gasteiger partial charge in [-0.3, -0.25) is 9.59 Å². The molecule has 2 amide bonds. The molecule has 0 saturated heterocycles. The Morgan fingerprint density at radius 2 is 1.79 bits per heavy atom. The molecule has 5 nitrogen and oxygen atoms in total. The van der Waals surface area contributed by atoms with Gasteiger partial charge in [0, 0.05) is 24.3 Å². The Labute approximate surface area is 150 Å². The molecule has 0 aliphatic heterocycles. The molecule has 1 saturated carbocycles. The molecule has 134 valence electrons. The molecule has 0 unspecified atom stereocenters. The predicted molar refractivity (Wildman–Crippen MR) is 99.3 cm³/mol. The smallest absolute Gasteiger partial charge is 0.252 e. The van der Waals surface area contributed by atoms with Crippen molar-refractivity contribution in [3.05, 3.63) is 29.8 Å².